The largest absolute Gasteiger partial charge is 0.390 e. The van der Waals surface area contributed by atoms with E-state index in [-0.39, 0.29) is 0 Å². The third-order valence-electron chi connectivity index (χ3n) is 4.53. The van der Waals surface area contributed by atoms with Gasteiger partial charge >= 0.3 is 0 Å². The van der Waals surface area contributed by atoms with Crippen molar-refractivity contribution in [1.82, 2.24) is 24.8 Å². The first-order valence-corrected chi connectivity index (χ1v) is 8.81. The van der Waals surface area contributed by atoms with Crippen LogP contribution < -0.4 is 0 Å². The van der Waals surface area contributed by atoms with Gasteiger partial charge < -0.3 is 4.84 Å². The molecular weight excluding hydrogens is 340 g/mol. The van der Waals surface area contributed by atoms with Gasteiger partial charge in [-0.3, -0.25) is 0 Å². The van der Waals surface area contributed by atoms with E-state index >= 15 is 0 Å². The van der Waals surface area contributed by atoms with Crippen LogP contribution in [0.25, 0.3) is 17.0 Å². The second-order valence-electron chi connectivity index (χ2n) is 6.24. The fourth-order valence-electron chi connectivity index (χ4n) is 3.20. The number of hydrogen-bond acceptors (Lipinski definition) is 6. The molecule has 0 aliphatic heterocycles. The van der Waals surface area contributed by atoms with Gasteiger partial charge in [0.25, 0.3) is 5.78 Å². The highest BCUT2D eigenvalue weighted by atomic mass is 16.6. The Bertz CT molecular complexity index is 1170. The van der Waals surface area contributed by atoms with E-state index < -0.39 is 0 Å². The topological polar surface area (TPSA) is 77.6 Å². The molecule has 5 rings (SSSR count). The molecule has 1 aliphatic rings. The van der Waals surface area contributed by atoms with E-state index in [0.29, 0.717) is 23.8 Å². The lowest BCUT2D eigenvalue weighted by Gasteiger charge is -2.03. The molecule has 0 atom stereocenters. The number of benzene rings is 2. The van der Waals surface area contributed by atoms with Crippen LogP contribution in [0.1, 0.15) is 29.6 Å². The van der Waals surface area contributed by atoms with E-state index in [2.05, 4.69) is 20.3 Å². The summed E-state index contributed by atoms with van der Waals surface area (Å²) in [6, 6.07) is 17.9. The first-order valence-electron chi connectivity index (χ1n) is 8.81. The Morgan fingerprint density at radius 2 is 1.70 bits per heavy atom. The van der Waals surface area contributed by atoms with Gasteiger partial charge in [-0.15, -0.1) is 10.2 Å². The maximum absolute atomic E-state index is 5.65. The van der Waals surface area contributed by atoms with E-state index in [0.717, 1.165) is 34.6 Å². The van der Waals surface area contributed by atoms with Gasteiger partial charge in [0.2, 0.25) is 0 Å². The molecule has 1 aliphatic carbocycles. The summed E-state index contributed by atoms with van der Waals surface area (Å²) in [4.78, 5) is 10.3. The molecular formula is C20H16N6O. The standard InChI is InChI=1S/C20H16N6O/c1-2-16-22-23-20-21-17-14-10-6-7-11-15(14)18(19(17)24-26(16)20)25-27-12-13-8-4-3-5-9-13/h3-11H,2,12H2,1H3/b25-18+. The quantitative estimate of drug-likeness (QED) is 0.463. The van der Waals surface area contributed by atoms with Gasteiger partial charge in [-0.05, 0) is 5.56 Å². The molecule has 2 aromatic heterocycles. The minimum Gasteiger partial charge on any atom is -0.390 e. The van der Waals surface area contributed by atoms with Crippen molar-refractivity contribution in [2.75, 3.05) is 0 Å². The average Bonchev–Trinajstić information content (AvgIpc) is 3.26. The number of aromatic nitrogens is 5. The van der Waals surface area contributed by atoms with Crippen molar-refractivity contribution in [3.63, 3.8) is 0 Å². The van der Waals surface area contributed by atoms with Crippen molar-refractivity contribution in [2.24, 2.45) is 5.16 Å². The maximum Gasteiger partial charge on any atom is 0.272 e. The van der Waals surface area contributed by atoms with Gasteiger partial charge in [0, 0.05) is 17.5 Å². The van der Waals surface area contributed by atoms with Crippen LogP contribution in [0.15, 0.2) is 59.8 Å². The summed E-state index contributed by atoms with van der Waals surface area (Å²) in [5, 5.41) is 17.4. The van der Waals surface area contributed by atoms with Crippen molar-refractivity contribution < 1.29 is 4.84 Å². The van der Waals surface area contributed by atoms with E-state index in [1.54, 1.807) is 4.52 Å². The zero-order chi connectivity index (χ0) is 18.2. The molecule has 0 amide bonds. The van der Waals surface area contributed by atoms with Crippen LogP contribution in [0.2, 0.25) is 0 Å². The highest BCUT2D eigenvalue weighted by Gasteiger charge is 2.30. The van der Waals surface area contributed by atoms with Crippen LogP contribution in [-0.2, 0) is 17.9 Å². The zero-order valence-electron chi connectivity index (χ0n) is 14.7. The van der Waals surface area contributed by atoms with Gasteiger partial charge in [0.1, 0.15) is 23.7 Å². The fourth-order valence-corrected chi connectivity index (χ4v) is 3.20. The third-order valence-corrected chi connectivity index (χ3v) is 4.53. The summed E-state index contributed by atoms with van der Waals surface area (Å²) in [5.41, 5.74) is 5.12. The molecule has 2 heterocycles. The molecule has 0 spiro atoms. The molecule has 0 unspecified atom stereocenters. The molecule has 0 radical (unpaired) electrons. The number of hydrogen-bond donors (Lipinski definition) is 0. The van der Waals surface area contributed by atoms with Crippen LogP contribution in [0.4, 0.5) is 0 Å². The highest BCUT2D eigenvalue weighted by molar-refractivity contribution is 6.22. The third kappa shape index (κ3) is 2.55. The number of rotatable bonds is 4. The normalized spacial score (nSPS) is 13.7. The average molecular weight is 356 g/mol. The van der Waals surface area contributed by atoms with Crippen LogP contribution in [-0.4, -0.2) is 30.5 Å². The molecule has 0 N–H and O–H groups in total. The van der Waals surface area contributed by atoms with Crippen molar-refractivity contribution in [3.8, 4) is 11.3 Å². The summed E-state index contributed by atoms with van der Waals surface area (Å²) in [5.74, 6) is 1.26. The fraction of sp³-hybridized carbons (Fsp3) is 0.150. The summed E-state index contributed by atoms with van der Waals surface area (Å²) >= 11 is 0. The van der Waals surface area contributed by atoms with Gasteiger partial charge in [-0.2, -0.15) is 9.61 Å². The van der Waals surface area contributed by atoms with Crippen LogP contribution in [0.3, 0.4) is 0 Å². The Kier molecular flexibility index (Phi) is 3.64. The van der Waals surface area contributed by atoms with E-state index in [1.165, 1.54) is 0 Å². The predicted molar refractivity (Wildman–Crippen MR) is 100 cm³/mol. The Morgan fingerprint density at radius 1 is 0.926 bits per heavy atom. The lowest BCUT2D eigenvalue weighted by atomic mass is 10.1. The number of nitrogens with zero attached hydrogens (tertiary/aromatic N) is 6. The van der Waals surface area contributed by atoms with E-state index in [9.17, 15) is 0 Å². The molecule has 7 nitrogen and oxygen atoms in total. The Labute approximate surface area is 155 Å². The Balaban J connectivity index is 1.60. The first kappa shape index (κ1) is 15.6. The van der Waals surface area contributed by atoms with Crippen LogP contribution in [0, 0.1) is 0 Å². The number of oxime groups is 1. The van der Waals surface area contributed by atoms with Crippen molar-refractivity contribution in [3.05, 3.63) is 77.2 Å². The Hall–Kier alpha value is -3.61. The molecule has 27 heavy (non-hydrogen) atoms. The smallest absolute Gasteiger partial charge is 0.272 e. The van der Waals surface area contributed by atoms with Gasteiger partial charge in [-0.25, -0.2) is 4.98 Å². The lowest BCUT2D eigenvalue weighted by Crippen LogP contribution is -2.09. The summed E-state index contributed by atoms with van der Waals surface area (Å²) in [6.07, 6.45) is 0.721. The van der Waals surface area contributed by atoms with Crippen molar-refractivity contribution in [1.29, 1.82) is 0 Å². The minimum atomic E-state index is 0.393. The van der Waals surface area contributed by atoms with Crippen LogP contribution in [0.5, 0.6) is 0 Å². The SMILES string of the molecule is CCc1nnc2nc3c(nn12)/C(=N/OCc1ccccc1)c1ccccc1-3. The van der Waals surface area contributed by atoms with E-state index in [4.69, 9.17) is 9.94 Å². The number of fused-ring (bicyclic) bond motifs is 4. The molecule has 4 aromatic rings. The first-order chi connectivity index (χ1) is 13.3. The molecule has 7 heteroatoms. The second-order valence-corrected chi connectivity index (χ2v) is 6.24. The maximum atomic E-state index is 5.65. The predicted octanol–water partition coefficient (Wildman–Crippen LogP) is 3.03. The van der Waals surface area contributed by atoms with Crippen LogP contribution >= 0.6 is 0 Å². The van der Waals surface area contributed by atoms with Gasteiger partial charge in [0.15, 0.2) is 5.82 Å². The summed E-state index contributed by atoms with van der Waals surface area (Å²) < 4.78 is 1.68. The van der Waals surface area contributed by atoms with Gasteiger partial charge in [-0.1, -0.05) is 66.7 Å². The zero-order valence-corrected chi connectivity index (χ0v) is 14.7. The van der Waals surface area contributed by atoms with Crippen molar-refractivity contribution >= 4 is 11.5 Å². The Morgan fingerprint density at radius 3 is 2.52 bits per heavy atom. The molecule has 2 aromatic carbocycles. The molecule has 0 saturated carbocycles. The summed E-state index contributed by atoms with van der Waals surface area (Å²) in [6.45, 7) is 2.41. The molecule has 0 fully saturated rings. The minimum absolute atomic E-state index is 0.393. The second kappa shape index (κ2) is 6.28. The van der Waals surface area contributed by atoms with E-state index in [1.807, 2.05) is 61.5 Å². The monoisotopic (exact) mass is 356 g/mol. The highest BCUT2D eigenvalue weighted by Crippen LogP contribution is 2.34. The van der Waals surface area contributed by atoms with Gasteiger partial charge in [0.05, 0.1) is 0 Å². The lowest BCUT2D eigenvalue weighted by molar-refractivity contribution is 0.131. The molecule has 0 bridgehead atoms. The van der Waals surface area contributed by atoms with Crippen molar-refractivity contribution in [2.45, 2.75) is 20.0 Å². The summed E-state index contributed by atoms with van der Waals surface area (Å²) in [7, 11) is 0. The number of aryl methyl sites for hydroxylation is 1. The molecule has 132 valence electrons. The molecule has 0 saturated heterocycles.